The highest BCUT2D eigenvalue weighted by atomic mass is 16.4. The summed E-state index contributed by atoms with van der Waals surface area (Å²) in [6, 6.07) is 0. The third-order valence-corrected chi connectivity index (χ3v) is 3.32. The lowest BCUT2D eigenvalue weighted by molar-refractivity contribution is -0.147. The monoisotopic (exact) mass is 242 g/mol. The molecule has 3 N–H and O–H groups in total. The zero-order chi connectivity index (χ0) is 13.1. The van der Waals surface area contributed by atoms with Gasteiger partial charge in [-0.2, -0.15) is 0 Å². The van der Waals surface area contributed by atoms with Gasteiger partial charge < -0.3 is 15.7 Å². The minimum absolute atomic E-state index is 0.120. The standard InChI is InChI=1S/C12H22N2O3/c1-3-6-12(2,13)11(17)14-7-4-5-9(8-14)10(15)16/h9H,3-8,13H2,1-2H3,(H,15,16)/t9-,12?/m0/s1. The van der Waals surface area contributed by atoms with Gasteiger partial charge in [-0.05, 0) is 26.2 Å². The molecule has 0 bridgehead atoms. The SMILES string of the molecule is CCCC(C)(N)C(=O)N1CCC[C@H](C(=O)O)C1. The molecule has 1 rings (SSSR count). The molecule has 1 aliphatic rings. The molecule has 1 saturated heterocycles. The van der Waals surface area contributed by atoms with E-state index < -0.39 is 17.4 Å². The van der Waals surface area contributed by atoms with Gasteiger partial charge in [-0.3, -0.25) is 9.59 Å². The van der Waals surface area contributed by atoms with Gasteiger partial charge in [-0.1, -0.05) is 13.3 Å². The number of nitrogens with two attached hydrogens (primary N) is 1. The van der Waals surface area contributed by atoms with E-state index in [1.54, 1.807) is 11.8 Å². The number of carboxylic acid groups (broad SMARTS) is 1. The summed E-state index contributed by atoms with van der Waals surface area (Å²) in [5.41, 5.74) is 5.12. The summed E-state index contributed by atoms with van der Waals surface area (Å²) in [7, 11) is 0. The molecule has 1 amide bonds. The third-order valence-electron chi connectivity index (χ3n) is 3.32. The molecule has 17 heavy (non-hydrogen) atoms. The van der Waals surface area contributed by atoms with Gasteiger partial charge in [0, 0.05) is 13.1 Å². The molecule has 1 unspecified atom stereocenters. The fourth-order valence-corrected chi connectivity index (χ4v) is 2.35. The van der Waals surface area contributed by atoms with Crippen molar-refractivity contribution < 1.29 is 14.7 Å². The minimum Gasteiger partial charge on any atom is -0.481 e. The Kier molecular flexibility index (Phi) is 4.51. The highest BCUT2D eigenvalue weighted by molar-refractivity contribution is 5.86. The van der Waals surface area contributed by atoms with E-state index in [-0.39, 0.29) is 5.91 Å². The van der Waals surface area contributed by atoms with Gasteiger partial charge in [-0.25, -0.2) is 0 Å². The lowest BCUT2D eigenvalue weighted by Crippen LogP contribution is -2.56. The average molecular weight is 242 g/mol. The lowest BCUT2D eigenvalue weighted by Gasteiger charge is -2.36. The Hall–Kier alpha value is -1.10. The van der Waals surface area contributed by atoms with E-state index in [1.165, 1.54) is 0 Å². The van der Waals surface area contributed by atoms with Crippen molar-refractivity contribution >= 4 is 11.9 Å². The van der Waals surface area contributed by atoms with Crippen molar-refractivity contribution in [1.29, 1.82) is 0 Å². The van der Waals surface area contributed by atoms with E-state index in [0.29, 0.717) is 25.9 Å². The number of piperidine rings is 1. The quantitative estimate of drug-likeness (QED) is 0.764. The topological polar surface area (TPSA) is 83.6 Å². The van der Waals surface area contributed by atoms with Crippen LogP contribution in [0.3, 0.4) is 0 Å². The number of hydrogen-bond acceptors (Lipinski definition) is 3. The zero-order valence-electron chi connectivity index (χ0n) is 10.6. The first kappa shape index (κ1) is 14.0. The van der Waals surface area contributed by atoms with Crippen LogP contribution in [0.1, 0.15) is 39.5 Å². The van der Waals surface area contributed by atoms with Crippen LogP contribution >= 0.6 is 0 Å². The lowest BCUT2D eigenvalue weighted by atomic mass is 9.92. The third kappa shape index (κ3) is 3.43. The molecule has 98 valence electrons. The number of carbonyl (C=O) groups is 2. The fourth-order valence-electron chi connectivity index (χ4n) is 2.35. The van der Waals surface area contributed by atoms with E-state index in [1.807, 2.05) is 6.92 Å². The highest BCUT2D eigenvalue weighted by Crippen LogP contribution is 2.21. The number of nitrogens with zero attached hydrogens (tertiary/aromatic N) is 1. The van der Waals surface area contributed by atoms with E-state index in [9.17, 15) is 9.59 Å². The number of carbonyl (C=O) groups excluding carboxylic acids is 1. The second-order valence-corrected chi connectivity index (χ2v) is 5.10. The summed E-state index contributed by atoms with van der Waals surface area (Å²) in [5, 5.41) is 8.97. The molecule has 1 heterocycles. The first-order valence-electron chi connectivity index (χ1n) is 6.19. The Balaban J connectivity index is 2.66. The largest absolute Gasteiger partial charge is 0.481 e. The summed E-state index contributed by atoms with van der Waals surface area (Å²) < 4.78 is 0. The predicted octanol–water partition coefficient (Wildman–Crippen LogP) is 0.827. The van der Waals surface area contributed by atoms with Crippen LogP contribution in [-0.4, -0.2) is 40.5 Å². The molecule has 2 atom stereocenters. The van der Waals surface area contributed by atoms with Crippen LogP contribution in [0.2, 0.25) is 0 Å². The maximum Gasteiger partial charge on any atom is 0.308 e. The Morgan fingerprint density at radius 3 is 2.71 bits per heavy atom. The molecule has 0 saturated carbocycles. The van der Waals surface area contributed by atoms with Gasteiger partial charge in [0.15, 0.2) is 0 Å². The molecular weight excluding hydrogens is 220 g/mol. The normalized spacial score (nSPS) is 24.2. The number of rotatable bonds is 4. The maximum atomic E-state index is 12.2. The Morgan fingerprint density at radius 2 is 2.18 bits per heavy atom. The molecule has 1 fully saturated rings. The van der Waals surface area contributed by atoms with Crippen molar-refractivity contribution in [3.05, 3.63) is 0 Å². The van der Waals surface area contributed by atoms with Crippen molar-refractivity contribution in [2.24, 2.45) is 11.7 Å². The van der Waals surface area contributed by atoms with Gasteiger partial charge in [0.25, 0.3) is 0 Å². The van der Waals surface area contributed by atoms with Crippen molar-refractivity contribution in [3.63, 3.8) is 0 Å². The van der Waals surface area contributed by atoms with Crippen LogP contribution in [0.15, 0.2) is 0 Å². The molecule has 0 aromatic rings. The van der Waals surface area contributed by atoms with E-state index >= 15 is 0 Å². The molecule has 5 heteroatoms. The summed E-state index contributed by atoms with van der Waals surface area (Å²) in [6.45, 7) is 4.63. The number of amides is 1. The molecule has 1 aliphatic heterocycles. The second-order valence-electron chi connectivity index (χ2n) is 5.10. The highest BCUT2D eigenvalue weighted by Gasteiger charge is 2.35. The molecule has 0 spiro atoms. The maximum absolute atomic E-state index is 12.2. The average Bonchev–Trinajstić information content (AvgIpc) is 2.28. The fraction of sp³-hybridized carbons (Fsp3) is 0.833. The van der Waals surface area contributed by atoms with Gasteiger partial charge in [0.2, 0.25) is 5.91 Å². The van der Waals surface area contributed by atoms with Crippen LogP contribution in [0.4, 0.5) is 0 Å². The summed E-state index contributed by atoms with van der Waals surface area (Å²) in [4.78, 5) is 24.7. The Labute approximate surface area is 102 Å². The van der Waals surface area contributed by atoms with Crippen LogP contribution in [0.5, 0.6) is 0 Å². The number of hydrogen-bond donors (Lipinski definition) is 2. The smallest absolute Gasteiger partial charge is 0.308 e. The molecule has 5 nitrogen and oxygen atoms in total. The van der Waals surface area contributed by atoms with Crippen molar-refractivity contribution in [1.82, 2.24) is 4.90 Å². The molecule has 0 aromatic carbocycles. The van der Waals surface area contributed by atoms with Crippen LogP contribution < -0.4 is 5.73 Å². The Bertz CT molecular complexity index is 302. The van der Waals surface area contributed by atoms with Crippen molar-refractivity contribution in [2.75, 3.05) is 13.1 Å². The number of likely N-dealkylation sites (tertiary alicyclic amines) is 1. The number of carboxylic acids is 1. The van der Waals surface area contributed by atoms with Gasteiger partial charge >= 0.3 is 5.97 Å². The molecule has 0 aromatic heterocycles. The predicted molar refractivity (Wildman–Crippen MR) is 64.4 cm³/mol. The summed E-state index contributed by atoms with van der Waals surface area (Å²) >= 11 is 0. The van der Waals surface area contributed by atoms with E-state index in [2.05, 4.69) is 0 Å². The van der Waals surface area contributed by atoms with Crippen molar-refractivity contribution in [2.45, 2.75) is 45.1 Å². The molecule has 0 aliphatic carbocycles. The molecule has 0 radical (unpaired) electrons. The van der Waals surface area contributed by atoms with Gasteiger partial charge in [-0.15, -0.1) is 0 Å². The summed E-state index contributed by atoms with van der Waals surface area (Å²) in [6.07, 6.45) is 2.86. The first-order valence-corrected chi connectivity index (χ1v) is 6.19. The van der Waals surface area contributed by atoms with E-state index in [0.717, 1.165) is 12.8 Å². The summed E-state index contributed by atoms with van der Waals surface area (Å²) in [5.74, 6) is -1.38. The van der Waals surface area contributed by atoms with Crippen LogP contribution in [0, 0.1) is 5.92 Å². The first-order chi connectivity index (χ1) is 7.88. The van der Waals surface area contributed by atoms with Crippen LogP contribution in [0.25, 0.3) is 0 Å². The van der Waals surface area contributed by atoms with Crippen molar-refractivity contribution in [3.8, 4) is 0 Å². The zero-order valence-corrected chi connectivity index (χ0v) is 10.6. The van der Waals surface area contributed by atoms with Crippen LogP contribution in [-0.2, 0) is 9.59 Å². The van der Waals surface area contributed by atoms with Gasteiger partial charge in [0.05, 0.1) is 11.5 Å². The second kappa shape index (κ2) is 5.49. The Morgan fingerprint density at radius 1 is 1.53 bits per heavy atom. The minimum atomic E-state index is -0.866. The molecular formula is C12H22N2O3. The van der Waals surface area contributed by atoms with E-state index in [4.69, 9.17) is 10.8 Å². The number of aliphatic carboxylic acids is 1. The van der Waals surface area contributed by atoms with Gasteiger partial charge in [0.1, 0.15) is 0 Å².